The number of nitrogens with zero attached hydrogens (tertiary/aromatic N) is 1. The quantitative estimate of drug-likeness (QED) is 0.755. The van der Waals surface area contributed by atoms with Crippen LogP contribution in [0.15, 0.2) is 18.2 Å². The highest BCUT2D eigenvalue weighted by atomic mass is 35.5. The Bertz CT molecular complexity index is 291. The molecule has 4 heteroatoms. The lowest BCUT2D eigenvalue weighted by atomic mass is 10.3. The summed E-state index contributed by atoms with van der Waals surface area (Å²) in [5.41, 5.74) is 6.46. The number of methoxy groups -OCH3 is 1. The van der Waals surface area contributed by atoms with Gasteiger partial charge in [-0.15, -0.1) is 0 Å². The normalized spacial score (nSPS) is 9.85. The molecule has 1 aromatic carbocycles. The Labute approximate surface area is 83.0 Å². The van der Waals surface area contributed by atoms with Crippen LogP contribution in [0.4, 0.5) is 5.69 Å². The van der Waals surface area contributed by atoms with Crippen molar-refractivity contribution >= 4 is 17.3 Å². The first-order chi connectivity index (χ1) is 6.19. The third kappa shape index (κ3) is 2.26. The van der Waals surface area contributed by atoms with Crippen molar-refractivity contribution in [2.75, 3.05) is 25.7 Å². The van der Waals surface area contributed by atoms with Crippen molar-refractivity contribution in [3.05, 3.63) is 23.2 Å². The summed E-state index contributed by atoms with van der Waals surface area (Å²) in [4.78, 5) is 1.89. The molecule has 1 rings (SSSR count). The number of benzene rings is 1. The Morgan fingerprint density at radius 3 is 2.69 bits per heavy atom. The Morgan fingerprint density at radius 1 is 1.54 bits per heavy atom. The number of anilines is 1. The number of nitrogens with two attached hydrogens (primary N) is 1. The van der Waals surface area contributed by atoms with E-state index in [0.717, 1.165) is 5.69 Å². The summed E-state index contributed by atoms with van der Waals surface area (Å²) in [6.07, 6.45) is 0. The van der Waals surface area contributed by atoms with E-state index in [1.54, 1.807) is 7.11 Å². The molecule has 0 saturated carbocycles. The summed E-state index contributed by atoms with van der Waals surface area (Å²) in [6, 6.07) is 5.56. The molecule has 0 aromatic heterocycles. The van der Waals surface area contributed by atoms with Crippen LogP contribution >= 0.6 is 11.6 Å². The van der Waals surface area contributed by atoms with Crippen LogP contribution in [-0.2, 0) is 0 Å². The minimum atomic E-state index is 0.461. The van der Waals surface area contributed by atoms with E-state index in [9.17, 15) is 0 Å². The van der Waals surface area contributed by atoms with E-state index >= 15 is 0 Å². The van der Waals surface area contributed by atoms with Gasteiger partial charge in [0.2, 0.25) is 0 Å². The molecule has 0 aliphatic rings. The van der Waals surface area contributed by atoms with Crippen molar-refractivity contribution < 1.29 is 4.74 Å². The van der Waals surface area contributed by atoms with E-state index in [0.29, 0.717) is 17.4 Å². The summed E-state index contributed by atoms with van der Waals surface area (Å²) in [5, 5.41) is 0.598. The van der Waals surface area contributed by atoms with E-state index in [1.807, 2.05) is 30.1 Å². The van der Waals surface area contributed by atoms with Crippen molar-refractivity contribution in [1.29, 1.82) is 0 Å². The van der Waals surface area contributed by atoms with Gasteiger partial charge >= 0.3 is 0 Å². The van der Waals surface area contributed by atoms with E-state index in [1.165, 1.54) is 0 Å². The van der Waals surface area contributed by atoms with Gasteiger partial charge in [-0.25, -0.2) is 0 Å². The fraction of sp³-hybridized carbons (Fsp3) is 0.333. The highest BCUT2D eigenvalue weighted by Crippen LogP contribution is 2.28. The molecular formula is C9H13ClN2O. The number of rotatable bonds is 3. The molecule has 1 aromatic rings. The molecule has 0 amide bonds. The number of halogens is 1. The van der Waals surface area contributed by atoms with Gasteiger partial charge in [0.15, 0.2) is 0 Å². The van der Waals surface area contributed by atoms with Crippen molar-refractivity contribution in [3.8, 4) is 5.75 Å². The van der Waals surface area contributed by atoms with Crippen LogP contribution in [0, 0.1) is 0 Å². The summed E-state index contributed by atoms with van der Waals surface area (Å²) in [5.74, 6) is 0.677. The van der Waals surface area contributed by atoms with Gasteiger partial charge in [0.05, 0.1) is 18.8 Å². The number of hydrogen-bond donors (Lipinski definition) is 1. The lowest BCUT2D eigenvalue weighted by molar-refractivity contribution is 0.415. The second-order valence-electron chi connectivity index (χ2n) is 2.70. The second-order valence-corrected chi connectivity index (χ2v) is 3.11. The van der Waals surface area contributed by atoms with Gasteiger partial charge in [-0.05, 0) is 18.2 Å². The zero-order valence-electron chi connectivity index (χ0n) is 7.75. The predicted molar refractivity (Wildman–Crippen MR) is 55.5 cm³/mol. The van der Waals surface area contributed by atoms with Gasteiger partial charge in [0.1, 0.15) is 5.75 Å². The molecule has 3 nitrogen and oxygen atoms in total. The van der Waals surface area contributed by atoms with Crippen LogP contribution < -0.4 is 15.4 Å². The fourth-order valence-corrected chi connectivity index (χ4v) is 1.25. The van der Waals surface area contributed by atoms with Gasteiger partial charge in [0, 0.05) is 12.7 Å². The summed E-state index contributed by atoms with van der Waals surface area (Å²) in [6.45, 7) is 0.461. The van der Waals surface area contributed by atoms with Gasteiger partial charge < -0.3 is 15.4 Å². The zero-order chi connectivity index (χ0) is 9.84. The lowest BCUT2D eigenvalue weighted by Crippen LogP contribution is -2.24. The first-order valence-corrected chi connectivity index (χ1v) is 4.31. The zero-order valence-corrected chi connectivity index (χ0v) is 8.51. The minimum Gasteiger partial charge on any atom is -0.495 e. The Morgan fingerprint density at radius 2 is 2.23 bits per heavy atom. The van der Waals surface area contributed by atoms with Crippen molar-refractivity contribution in [1.82, 2.24) is 0 Å². The van der Waals surface area contributed by atoms with Crippen molar-refractivity contribution in [2.45, 2.75) is 0 Å². The summed E-state index contributed by atoms with van der Waals surface area (Å²) < 4.78 is 5.03. The van der Waals surface area contributed by atoms with Crippen molar-refractivity contribution in [2.24, 2.45) is 5.73 Å². The molecule has 0 unspecified atom stereocenters. The molecule has 0 radical (unpaired) electrons. The van der Waals surface area contributed by atoms with Crippen LogP contribution in [0.25, 0.3) is 0 Å². The Kier molecular flexibility index (Phi) is 3.39. The molecule has 0 bridgehead atoms. The SMILES string of the molecule is COc1ccc(N(C)CN)cc1Cl. The Hall–Kier alpha value is -0.930. The summed E-state index contributed by atoms with van der Waals surface area (Å²) in [7, 11) is 3.49. The van der Waals surface area contributed by atoms with Crippen LogP contribution in [0.2, 0.25) is 5.02 Å². The van der Waals surface area contributed by atoms with Crippen LogP contribution in [0.1, 0.15) is 0 Å². The van der Waals surface area contributed by atoms with E-state index in [4.69, 9.17) is 22.1 Å². The number of hydrogen-bond acceptors (Lipinski definition) is 3. The van der Waals surface area contributed by atoms with Gasteiger partial charge in [-0.3, -0.25) is 0 Å². The standard InChI is InChI=1S/C9H13ClN2O/c1-12(6-11)7-3-4-9(13-2)8(10)5-7/h3-5H,6,11H2,1-2H3. The third-order valence-corrected chi connectivity index (χ3v) is 2.15. The maximum absolute atomic E-state index is 5.94. The van der Waals surface area contributed by atoms with Crippen LogP contribution in [0.3, 0.4) is 0 Å². The highest BCUT2D eigenvalue weighted by Gasteiger charge is 2.03. The second kappa shape index (κ2) is 4.35. The Balaban J connectivity index is 2.95. The maximum atomic E-state index is 5.94. The monoisotopic (exact) mass is 200 g/mol. The topological polar surface area (TPSA) is 38.5 Å². The van der Waals surface area contributed by atoms with E-state index in [2.05, 4.69) is 0 Å². The number of ether oxygens (including phenoxy) is 1. The van der Waals surface area contributed by atoms with Crippen LogP contribution in [0.5, 0.6) is 5.75 Å². The lowest BCUT2D eigenvalue weighted by Gasteiger charge is -2.17. The predicted octanol–water partition coefficient (Wildman–Crippen LogP) is 1.70. The fourth-order valence-electron chi connectivity index (χ4n) is 0.998. The van der Waals surface area contributed by atoms with E-state index < -0.39 is 0 Å². The first kappa shape index (κ1) is 10.2. The van der Waals surface area contributed by atoms with Gasteiger partial charge in [0.25, 0.3) is 0 Å². The smallest absolute Gasteiger partial charge is 0.137 e. The minimum absolute atomic E-state index is 0.461. The summed E-state index contributed by atoms with van der Waals surface area (Å²) >= 11 is 5.94. The first-order valence-electron chi connectivity index (χ1n) is 3.93. The molecule has 0 spiro atoms. The highest BCUT2D eigenvalue weighted by molar-refractivity contribution is 6.32. The molecular weight excluding hydrogens is 188 g/mol. The molecule has 0 fully saturated rings. The molecule has 2 N–H and O–H groups in total. The third-order valence-electron chi connectivity index (χ3n) is 1.85. The largest absolute Gasteiger partial charge is 0.495 e. The van der Waals surface area contributed by atoms with Crippen LogP contribution in [-0.4, -0.2) is 20.8 Å². The average molecular weight is 201 g/mol. The van der Waals surface area contributed by atoms with Gasteiger partial charge in [-0.1, -0.05) is 11.6 Å². The van der Waals surface area contributed by atoms with Crippen molar-refractivity contribution in [3.63, 3.8) is 0 Å². The van der Waals surface area contributed by atoms with Gasteiger partial charge in [-0.2, -0.15) is 0 Å². The molecule has 0 aliphatic carbocycles. The van der Waals surface area contributed by atoms with E-state index in [-0.39, 0.29) is 0 Å². The molecule has 0 atom stereocenters. The molecule has 0 aliphatic heterocycles. The molecule has 72 valence electrons. The molecule has 0 heterocycles. The molecule has 0 saturated heterocycles. The molecule has 13 heavy (non-hydrogen) atoms. The maximum Gasteiger partial charge on any atom is 0.137 e. The average Bonchev–Trinajstić information content (AvgIpc) is 2.16.